The molecular weight excluding hydrogens is 669 g/mol. The summed E-state index contributed by atoms with van der Waals surface area (Å²) >= 11 is 0. The van der Waals surface area contributed by atoms with Crippen LogP contribution >= 0.6 is 0 Å². The number of hydrogen-bond acceptors (Lipinski definition) is 3. The maximum absolute atomic E-state index is 5.16. The van der Waals surface area contributed by atoms with E-state index in [0.29, 0.717) is 17.6 Å². The Morgan fingerprint density at radius 3 is 0.982 bits per heavy atom. The topological polar surface area (TPSA) is 43.6 Å². The fourth-order valence-electron chi connectivity index (χ4n) is 7.51. The lowest BCUT2D eigenvalue weighted by Gasteiger charge is -2.11. The van der Waals surface area contributed by atoms with Crippen LogP contribution in [0.4, 0.5) is 0 Å². The third-order valence-corrected chi connectivity index (χ3v) is 10.3. The van der Waals surface area contributed by atoms with Crippen LogP contribution in [0, 0.1) is 0 Å². The summed E-state index contributed by atoms with van der Waals surface area (Å²) in [4.78, 5) is 15.3. The van der Waals surface area contributed by atoms with E-state index in [-0.39, 0.29) is 0 Å². The minimum absolute atomic E-state index is 0.574. The van der Waals surface area contributed by atoms with Crippen LogP contribution in [0.2, 0.25) is 0 Å². The van der Waals surface area contributed by atoms with E-state index >= 15 is 0 Å². The molecule has 0 saturated heterocycles. The van der Waals surface area contributed by atoms with Gasteiger partial charge in [-0.05, 0) is 80.9 Å². The molecule has 0 aliphatic heterocycles. The highest BCUT2D eigenvalue weighted by atomic mass is 15.2. The number of fused-ring (bicyclic) bond motifs is 3. The summed E-state index contributed by atoms with van der Waals surface area (Å²) in [6, 6.07) is 72.4. The molecule has 0 bridgehead atoms. The zero-order valence-corrected chi connectivity index (χ0v) is 29.9. The maximum atomic E-state index is 5.16. The van der Waals surface area contributed by atoms with Crippen molar-refractivity contribution in [3.63, 3.8) is 0 Å². The Balaban J connectivity index is 1.20. The van der Waals surface area contributed by atoms with E-state index in [1.165, 1.54) is 22.3 Å². The van der Waals surface area contributed by atoms with Gasteiger partial charge in [-0.25, -0.2) is 4.98 Å². The third-order valence-electron chi connectivity index (χ3n) is 10.3. The van der Waals surface area contributed by atoms with Gasteiger partial charge in [0, 0.05) is 21.9 Å². The van der Waals surface area contributed by atoms with Crippen LogP contribution in [0.25, 0.3) is 95.0 Å². The largest absolute Gasteiger partial charge is 0.278 e. The molecule has 0 unspecified atom stereocenters. The van der Waals surface area contributed by atoms with Crippen LogP contribution in [0.5, 0.6) is 0 Å². The molecule has 10 rings (SSSR count). The quantitative estimate of drug-likeness (QED) is 0.166. The van der Waals surface area contributed by atoms with E-state index in [1.807, 2.05) is 60.7 Å². The minimum atomic E-state index is 0.574. The molecule has 0 saturated carbocycles. The van der Waals surface area contributed by atoms with Gasteiger partial charge in [-0.3, -0.25) is 4.57 Å². The van der Waals surface area contributed by atoms with Gasteiger partial charge in [0.15, 0.2) is 11.6 Å². The van der Waals surface area contributed by atoms with Gasteiger partial charge >= 0.3 is 0 Å². The highest BCUT2D eigenvalue weighted by Gasteiger charge is 2.19. The molecule has 4 heteroatoms. The van der Waals surface area contributed by atoms with Crippen LogP contribution in [0.1, 0.15) is 0 Å². The van der Waals surface area contributed by atoms with Crippen molar-refractivity contribution < 1.29 is 0 Å². The van der Waals surface area contributed by atoms with E-state index in [0.717, 1.165) is 55.2 Å². The first-order valence-corrected chi connectivity index (χ1v) is 18.5. The van der Waals surface area contributed by atoms with Crippen molar-refractivity contribution in [3.8, 4) is 73.2 Å². The van der Waals surface area contributed by atoms with Crippen molar-refractivity contribution in [3.05, 3.63) is 206 Å². The third kappa shape index (κ3) is 6.16. The van der Waals surface area contributed by atoms with Gasteiger partial charge in [0.05, 0.1) is 11.0 Å². The molecule has 0 aliphatic rings. The lowest BCUT2D eigenvalue weighted by molar-refractivity contribution is 0.953. The van der Waals surface area contributed by atoms with Gasteiger partial charge in [0.2, 0.25) is 5.95 Å². The first-order chi connectivity index (χ1) is 27.2. The van der Waals surface area contributed by atoms with Crippen molar-refractivity contribution in [2.24, 2.45) is 0 Å². The molecule has 4 nitrogen and oxygen atoms in total. The second-order valence-electron chi connectivity index (χ2n) is 13.7. The molecular formula is C51H34N4. The van der Waals surface area contributed by atoms with Crippen LogP contribution < -0.4 is 0 Å². The summed E-state index contributed by atoms with van der Waals surface area (Å²) in [5, 5.41) is 2.25. The maximum Gasteiger partial charge on any atom is 0.238 e. The SMILES string of the molecule is c1ccc(-c2cccc(-c3ccc4c(c3)c3cc(-c5cccc(-c6ccccc6)c5)ccc3n4-c3nc(-c4ccccc4)nc(-c4ccccc4)n3)c2)cc1. The van der Waals surface area contributed by atoms with Crippen molar-refractivity contribution in [1.29, 1.82) is 0 Å². The number of nitrogens with zero attached hydrogens (tertiary/aromatic N) is 4. The van der Waals surface area contributed by atoms with Crippen LogP contribution in [-0.4, -0.2) is 19.5 Å². The van der Waals surface area contributed by atoms with Gasteiger partial charge in [0.1, 0.15) is 0 Å². The number of aromatic nitrogens is 4. The molecule has 0 aliphatic carbocycles. The van der Waals surface area contributed by atoms with Gasteiger partial charge in [0.25, 0.3) is 0 Å². The lowest BCUT2D eigenvalue weighted by atomic mass is 9.96. The minimum Gasteiger partial charge on any atom is -0.278 e. The van der Waals surface area contributed by atoms with Crippen LogP contribution in [0.15, 0.2) is 206 Å². The summed E-state index contributed by atoms with van der Waals surface area (Å²) in [5.74, 6) is 1.83. The Morgan fingerprint density at radius 2 is 0.582 bits per heavy atom. The van der Waals surface area contributed by atoms with Gasteiger partial charge < -0.3 is 0 Å². The second kappa shape index (κ2) is 13.8. The lowest BCUT2D eigenvalue weighted by Crippen LogP contribution is -2.06. The monoisotopic (exact) mass is 702 g/mol. The average molecular weight is 703 g/mol. The van der Waals surface area contributed by atoms with Crippen molar-refractivity contribution in [2.45, 2.75) is 0 Å². The molecule has 55 heavy (non-hydrogen) atoms. The summed E-state index contributed by atoms with van der Waals surface area (Å²) < 4.78 is 2.19. The van der Waals surface area contributed by atoms with Crippen molar-refractivity contribution in [2.75, 3.05) is 0 Å². The number of hydrogen-bond donors (Lipinski definition) is 0. The van der Waals surface area contributed by atoms with Crippen LogP contribution in [0.3, 0.4) is 0 Å². The van der Waals surface area contributed by atoms with E-state index < -0.39 is 0 Å². The number of benzene rings is 8. The van der Waals surface area contributed by atoms with Gasteiger partial charge in [-0.2, -0.15) is 9.97 Å². The summed E-state index contributed by atoms with van der Waals surface area (Å²) in [6.07, 6.45) is 0. The highest BCUT2D eigenvalue weighted by molar-refractivity contribution is 6.11. The van der Waals surface area contributed by atoms with E-state index in [1.54, 1.807) is 0 Å². The Morgan fingerprint density at radius 1 is 0.255 bits per heavy atom. The first-order valence-electron chi connectivity index (χ1n) is 18.5. The fraction of sp³-hybridized carbons (Fsp3) is 0. The standard InChI is InChI=1S/C51H34N4/c1-5-15-35(16-6-1)39-23-13-25-41(31-39)43-27-29-47-45(33-43)46-34-44(42-26-14-24-40(32-42)36-17-7-2-8-18-36)28-30-48(46)55(47)51-53-49(37-19-9-3-10-20-37)52-50(54-51)38-21-11-4-12-22-38/h1-34H. The molecule has 0 radical (unpaired) electrons. The van der Waals surface area contributed by atoms with Crippen molar-refractivity contribution >= 4 is 21.8 Å². The molecule has 0 atom stereocenters. The van der Waals surface area contributed by atoms with E-state index in [2.05, 4.69) is 150 Å². The normalized spacial score (nSPS) is 11.3. The predicted molar refractivity (Wildman–Crippen MR) is 227 cm³/mol. The zero-order chi connectivity index (χ0) is 36.6. The van der Waals surface area contributed by atoms with Crippen LogP contribution in [-0.2, 0) is 0 Å². The highest BCUT2D eigenvalue weighted by Crippen LogP contribution is 2.38. The second-order valence-corrected chi connectivity index (χ2v) is 13.7. The first kappa shape index (κ1) is 32.2. The molecule has 258 valence electrons. The molecule has 8 aromatic carbocycles. The molecule has 0 spiro atoms. The smallest absolute Gasteiger partial charge is 0.238 e. The Kier molecular flexibility index (Phi) is 8.12. The molecule has 2 aromatic heterocycles. The fourth-order valence-corrected chi connectivity index (χ4v) is 7.51. The Bertz CT molecular complexity index is 2760. The molecule has 10 aromatic rings. The predicted octanol–water partition coefficient (Wildman–Crippen LogP) is 13.0. The van der Waals surface area contributed by atoms with Gasteiger partial charge in [-0.1, -0.05) is 170 Å². The number of rotatable bonds is 7. The summed E-state index contributed by atoms with van der Waals surface area (Å²) in [6.45, 7) is 0. The van der Waals surface area contributed by atoms with Gasteiger partial charge in [-0.15, -0.1) is 0 Å². The summed E-state index contributed by atoms with van der Waals surface area (Å²) in [5.41, 5.74) is 13.3. The summed E-state index contributed by atoms with van der Waals surface area (Å²) in [7, 11) is 0. The zero-order valence-electron chi connectivity index (χ0n) is 29.9. The van der Waals surface area contributed by atoms with Crippen molar-refractivity contribution in [1.82, 2.24) is 19.5 Å². The Hall–Kier alpha value is -7.43. The average Bonchev–Trinajstić information content (AvgIpc) is 3.60. The molecule has 0 amide bonds. The van der Waals surface area contributed by atoms with E-state index in [4.69, 9.17) is 15.0 Å². The Labute approximate surface area is 319 Å². The molecule has 0 fully saturated rings. The molecule has 2 heterocycles. The molecule has 0 N–H and O–H groups in total. The van der Waals surface area contributed by atoms with E-state index in [9.17, 15) is 0 Å².